The van der Waals surface area contributed by atoms with Crippen molar-refractivity contribution in [1.82, 2.24) is 0 Å². The van der Waals surface area contributed by atoms with E-state index in [0.717, 1.165) is 16.3 Å². The van der Waals surface area contributed by atoms with Crippen molar-refractivity contribution < 1.29 is 19.4 Å². The topological polar surface area (TPSA) is 55.8 Å². The van der Waals surface area contributed by atoms with Crippen LogP contribution < -0.4 is 4.74 Å². The van der Waals surface area contributed by atoms with E-state index in [1.807, 2.05) is 36.4 Å². The summed E-state index contributed by atoms with van der Waals surface area (Å²) in [5.74, 6) is 0.288. The van der Waals surface area contributed by atoms with Gasteiger partial charge in [-0.25, -0.2) is 0 Å². The Kier molecular flexibility index (Phi) is 4.36. The van der Waals surface area contributed by atoms with E-state index in [0.29, 0.717) is 5.75 Å². The molecule has 0 fully saturated rings. The normalized spacial score (nSPS) is 10.4. The smallest absolute Gasteiger partial charge is 0.308 e. The molecule has 0 amide bonds. The van der Waals surface area contributed by atoms with Crippen LogP contribution in [0.5, 0.6) is 5.75 Å². The van der Waals surface area contributed by atoms with Gasteiger partial charge in [-0.05, 0) is 16.8 Å². The molecule has 0 aliphatic carbocycles. The number of esters is 1. The predicted molar refractivity (Wildman–Crippen MR) is 72.0 cm³/mol. The molecule has 0 atom stereocenters. The fourth-order valence-electron chi connectivity index (χ4n) is 1.96. The number of benzene rings is 2. The monoisotopic (exact) mass is 260 g/mol. The van der Waals surface area contributed by atoms with Crippen LogP contribution in [-0.2, 0) is 16.1 Å². The van der Waals surface area contributed by atoms with E-state index < -0.39 is 0 Å². The minimum Gasteiger partial charge on any atom is -0.493 e. The number of methoxy groups -OCH3 is 1. The van der Waals surface area contributed by atoms with Gasteiger partial charge in [-0.2, -0.15) is 0 Å². The first kappa shape index (κ1) is 13.4. The number of aliphatic hydroxyl groups excluding tert-OH is 1. The molecular formula is C15H16O4. The number of hydrogen-bond donors (Lipinski definition) is 1. The Labute approximate surface area is 111 Å². The van der Waals surface area contributed by atoms with Crippen LogP contribution >= 0.6 is 0 Å². The minimum absolute atomic E-state index is 0.102. The number of fused-ring (bicyclic) bond motifs is 1. The molecule has 0 spiro atoms. The molecule has 0 bridgehead atoms. The van der Waals surface area contributed by atoms with Gasteiger partial charge in [0.05, 0.1) is 26.7 Å². The third-order valence-electron chi connectivity index (χ3n) is 2.95. The van der Waals surface area contributed by atoms with Gasteiger partial charge in [0.1, 0.15) is 5.75 Å². The van der Waals surface area contributed by atoms with Crippen LogP contribution in [0, 0.1) is 0 Å². The van der Waals surface area contributed by atoms with Gasteiger partial charge >= 0.3 is 5.97 Å². The Hall–Kier alpha value is -2.07. The third-order valence-corrected chi connectivity index (χ3v) is 2.95. The first-order chi connectivity index (χ1) is 9.26. The summed E-state index contributed by atoms with van der Waals surface area (Å²) in [6.07, 6.45) is 0.189. The first-order valence-electron chi connectivity index (χ1n) is 6.07. The number of carbonyl (C=O) groups excluding carboxylic acids is 1. The van der Waals surface area contributed by atoms with Crippen LogP contribution in [0.1, 0.15) is 12.0 Å². The van der Waals surface area contributed by atoms with Crippen molar-refractivity contribution in [3.05, 3.63) is 42.0 Å². The van der Waals surface area contributed by atoms with Gasteiger partial charge < -0.3 is 14.6 Å². The highest BCUT2D eigenvalue weighted by Gasteiger charge is 2.08. The standard InChI is InChI=1S/C15H16O4/c1-18-15(17)8-9-19-14-7-6-11-4-2-3-5-12(11)13(14)10-16/h2-7,16H,8-10H2,1H3. The summed E-state index contributed by atoms with van der Waals surface area (Å²) in [4.78, 5) is 11.0. The summed E-state index contributed by atoms with van der Waals surface area (Å²) in [7, 11) is 1.34. The van der Waals surface area contributed by atoms with Gasteiger partial charge in [0, 0.05) is 5.56 Å². The summed E-state index contributed by atoms with van der Waals surface area (Å²) >= 11 is 0. The molecule has 1 N–H and O–H groups in total. The molecule has 19 heavy (non-hydrogen) atoms. The zero-order valence-corrected chi connectivity index (χ0v) is 10.8. The summed E-state index contributed by atoms with van der Waals surface area (Å²) in [6, 6.07) is 11.5. The Bertz CT molecular complexity index is 577. The molecule has 0 aromatic heterocycles. The maximum atomic E-state index is 11.0. The zero-order chi connectivity index (χ0) is 13.7. The zero-order valence-electron chi connectivity index (χ0n) is 10.8. The second-order valence-corrected chi connectivity index (χ2v) is 4.10. The molecule has 0 aliphatic rings. The summed E-state index contributed by atoms with van der Waals surface area (Å²) in [5, 5.41) is 11.5. The Balaban J connectivity index is 2.21. The lowest BCUT2D eigenvalue weighted by Crippen LogP contribution is -2.08. The lowest BCUT2D eigenvalue weighted by atomic mass is 10.0. The Morgan fingerprint density at radius 2 is 2.00 bits per heavy atom. The summed E-state index contributed by atoms with van der Waals surface area (Å²) in [5.41, 5.74) is 0.739. The van der Waals surface area contributed by atoms with E-state index >= 15 is 0 Å². The third kappa shape index (κ3) is 3.03. The molecule has 4 nitrogen and oxygen atoms in total. The molecule has 2 aromatic rings. The molecular weight excluding hydrogens is 244 g/mol. The van der Waals surface area contributed by atoms with E-state index in [4.69, 9.17) is 4.74 Å². The van der Waals surface area contributed by atoms with Crippen LogP contribution in [0.15, 0.2) is 36.4 Å². The Morgan fingerprint density at radius 1 is 1.21 bits per heavy atom. The van der Waals surface area contributed by atoms with E-state index in [9.17, 15) is 9.90 Å². The van der Waals surface area contributed by atoms with E-state index in [1.165, 1.54) is 7.11 Å². The lowest BCUT2D eigenvalue weighted by molar-refractivity contribution is -0.141. The average molecular weight is 260 g/mol. The number of ether oxygens (including phenoxy) is 2. The first-order valence-corrected chi connectivity index (χ1v) is 6.07. The predicted octanol–water partition coefficient (Wildman–Crippen LogP) is 2.27. The fraction of sp³-hybridized carbons (Fsp3) is 0.267. The quantitative estimate of drug-likeness (QED) is 0.838. The summed E-state index contributed by atoms with van der Waals surface area (Å²) in [6.45, 7) is 0.132. The molecule has 0 saturated carbocycles. The lowest BCUT2D eigenvalue weighted by Gasteiger charge is -2.12. The van der Waals surface area contributed by atoms with Crippen LogP contribution in [0.3, 0.4) is 0 Å². The second-order valence-electron chi connectivity index (χ2n) is 4.10. The highest BCUT2D eigenvalue weighted by Crippen LogP contribution is 2.28. The van der Waals surface area contributed by atoms with Crippen LogP contribution in [-0.4, -0.2) is 24.8 Å². The number of hydrogen-bond acceptors (Lipinski definition) is 4. The number of aliphatic hydroxyl groups is 1. The van der Waals surface area contributed by atoms with Gasteiger partial charge in [0.2, 0.25) is 0 Å². The molecule has 2 aromatic carbocycles. The van der Waals surface area contributed by atoms with Crippen molar-refractivity contribution in [2.75, 3.05) is 13.7 Å². The molecule has 100 valence electrons. The number of carbonyl (C=O) groups is 1. The molecule has 2 rings (SSSR count). The van der Waals surface area contributed by atoms with Crippen molar-refractivity contribution >= 4 is 16.7 Å². The van der Waals surface area contributed by atoms with Crippen molar-refractivity contribution in [2.24, 2.45) is 0 Å². The molecule has 4 heteroatoms. The van der Waals surface area contributed by atoms with E-state index in [2.05, 4.69) is 4.74 Å². The SMILES string of the molecule is COC(=O)CCOc1ccc2ccccc2c1CO. The van der Waals surface area contributed by atoms with Gasteiger partial charge in [0.15, 0.2) is 0 Å². The van der Waals surface area contributed by atoms with Gasteiger partial charge in [-0.1, -0.05) is 30.3 Å². The van der Waals surface area contributed by atoms with Crippen LogP contribution in [0.25, 0.3) is 10.8 Å². The molecule has 0 heterocycles. The van der Waals surface area contributed by atoms with Crippen molar-refractivity contribution in [3.8, 4) is 5.75 Å². The van der Waals surface area contributed by atoms with Crippen LogP contribution in [0.4, 0.5) is 0 Å². The second kappa shape index (κ2) is 6.20. The van der Waals surface area contributed by atoms with Crippen molar-refractivity contribution in [3.63, 3.8) is 0 Å². The minimum atomic E-state index is -0.314. The maximum Gasteiger partial charge on any atom is 0.308 e. The molecule has 0 radical (unpaired) electrons. The highest BCUT2D eigenvalue weighted by atomic mass is 16.5. The largest absolute Gasteiger partial charge is 0.493 e. The van der Waals surface area contributed by atoms with E-state index in [-0.39, 0.29) is 25.6 Å². The molecule has 0 aliphatic heterocycles. The van der Waals surface area contributed by atoms with Crippen molar-refractivity contribution in [2.45, 2.75) is 13.0 Å². The van der Waals surface area contributed by atoms with Gasteiger partial charge in [-0.15, -0.1) is 0 Å². The van der Waals surface area contributed by atoms with E-state index in [1.54, 1.807) is 0 Å². The highest BCUT2D eigenvalue weighted by molar-refractivity contribution is 5.87. The van der Waals surface area contributed by atoms with Gasteiger partial charge in [0.25, 0.3) is 0 Å². The molecule has 0 unspecified atom stereocenters. The fourth-order valence-corrected chi connectivity index (χ4v) is 1.96. The maximum absolute atomic E-state index is 11.0. The van der Waals surface area contributed by atoms with Gasteiger partial charge in [-0.3, -0.25) is 4.79 Å². The van der Waals surface area contributed by atoms with Crippen molar-refractivity contribution in [1.29, 1.82) is 0 Å². The number of rotatable bonds is 5. The Morgan fingerprint density at radius 3 is 2.74 bits per heavy atom. The van der Waals surface area contributed by atoms with Crippen LogP contribution in [0.2, 0.25) is 0 Å². The average Bonchev–Trinajstić information content (AvgIpc) is 2.46. The summed E-state index contributed by atoms with van der Waals surface area (Å²) < 4.78 is 10.1. The molecule has 0 saturated heterocycles.